The van der Waals surface area contributed by atoms with E-state index in [2.05, 4.69) is 15.5 Å². The highest BCUT2D eigenvalue weighted by Gasteiger charge is 2.09. The Kier molecular flexibility index (Phi) is 7.84. The maximum Gasteiger partial charge on any atom is 0.236 e. The molecule has 4 nitrogen and oxygen atoms in total. The van der Waals surface area contributed by atoms with E-state index in [1.165, 1.54) is 28.7 Å². The second kappa shape index (κ2) is 10.3. The third kappa shape index (κ3) is 6.69. The van der Waals surface area contributed by atoms with E-state index in [9.17, 15) is 4.79 Å². The highest BCUT2D eigenvalue weighted by molar-refractivity contribution is 8.00. The summed E-state index contributed by atoms with van der Waals surface area (Å²) in [5.41, 5.74) is 2.25. The molecule has 27 heavy (non-hydrogen) atoms. The standard InChI is InChI=1S/C18H15Cl2N3OS3/c19-14-7-6-13(8-15(14)20)10-26-18-23-22-17(27-18)21-16(24)11-25-9-12-4-2-1-3-5-12/h1-8H,9-11H2,(H,21,22,24). The molecule has 0 fully saturated rings. The zero-order valence-electron chi connectivity index (χ0n) is 14.0. The molecule has 0 saturated heterocycles. The van der Waals surface area contributed by atoms with Crippen LogP contribution in [0.2, 0.25) is 10.0 Å². The number of hydrogen-bond donors (Lipinski definition) is 1. The van der Waals surface area contributed by atoms with Crippen molar-refractivity contribution in [3.05, 3.63) is 69.7 Å². The van der Waals surface area contributed by atoms with Gasteiger partial charge in [0.2, 0.25) is 11.0 Å². The lowest BCUT2D eigenvalue weighted by Gasteiger charge is -2.02. The van der Waals surface area contributed by atoms with Gasteiger partial charge in [-0.25, -0.2) is 0 Å². The molecule has 140 valence electrons. The van der Waals surface area contributed by atoms with Crippen LogP contribution in [-0.4, -0.2) is 21.9 Å². The molecule has 0 bridgehead atoms. The van der Waals surface area contributed by atoms with E-state index >= 15 is 0 Å². The zero-order chi connectivity index (χ0) is 19.1. The first-order valence-corrected chi connectivity index (χ1v) is 11.6. The van der Waals surface area contributed by atoms with Crippen molar-refractivity contribution in [2.45, 2.75) is 15.8 Å². The number of aromatic nitrogens is 2. The van der Waals surface area contributed by atoms with Gasteiger partial charge in [0.05, 0.1) is 15.8 Å². The highest BCUT2D eigenvalue weighted by Crippen LogP contribution is 2.30. The molecule has 3 aromatic rings. The van der Waals surface area contributed by atoms with Crippen LogP contribution in [0.3, 0.4) is 0 Å². The van der Waals surface area contributed by atoms with E-state index in [1.807, 2.05) is 42.5 Å². The third-order valence-electron chi connectivity index (χ3n) is 3.34. The highest BCUT2D eigenvalue weighted by atomic mass is 35.5. The molecule has 9 heteroatoms. The smallest absolute Gasteiger partial charge is 0.236 e. The van der Waals surface area contributed by atoms with Gasteiger partial charge in [0, 0.05) is 11.5 Å². The Morgan fingerprint density at radius 3 is 2.59 bits per heavy atom. The zero-order valence-corrected chi connectivity index (χ0v) is 18.0. The molecule has 0 spiro atoms. The number of halogens is 2. The first-order chi connectivity index (χ1) is 13.1. The summed E-state index contributed by atoms with van der Waals surface area (Å²) >= 11 is 16.4. The maximum absolute atomic E-state index is 12.0. The Bertz CT molecular complexity index is 906. The number of anilines is 1. The maximum atomic E-state index is 12.0. The van der Waals surface area contributed by atoms with Crippen LogP contribution >= 0.6 is 58.1 Å². The van der Waals surface area contributed by atoms with E-state index in [0.29, 0.717) is 26.7 Å². The summed E-state index contributed by atoms with van der Waals surface area (Å²) in [6.45, 7) is 0. The second-order valence-electron chi connectivity index (χ2n) is 5.44. The first kappa shape index (κ1) is 20.5. The Morgan fingerprint density at radius 1 is 1.00 bits per heavy atom. The largest absolute Gasteiger partial charge is 0.300 e. The van der Waals surface area contributed by atoms with Crippen molar-refractivity contribution in [3.8, 4) is 0 Å². The summed E-state index contributed by atoms with van der Waals surface area (Å²) in [5, 5.41) is 12.5. The van der Waals surface area contributed by atoms with Gasteiger partial charge in [0.15, 0.2) is 4.34 Å². The van der Waals surface area contributed by atoms with Crippen molar-refractivity contribution in [2.75, 3.05) is 11.1 Å². The van der Waals surface area contributed by atoms with E-state index in [4.69, 9.17) is 23.2 Å². The minimum Gasteiger partial charge on any atom is -0.300 e. The molecule has 1 aromatic heterocycles. The van der Waals surface area contributed by atoms with Crippen LogP contribution in [0.1, 0.15) is 11.1 Å². The molecule has 1 N–H and O–H groups in total. The Labute approximate surface area is 180 Å². The third-order valence-corrected chi connectivity index (χ3v) is 7.13. The van der Waals surface area contributed by atoms with Crippen molar-refractivity contribution in [3.63, 3.8) is 0 Å². The average Bonchev–Trinajstić information content (AvgIpc) is 3.11. The lowest BCUT2D eigenvalue weighted by molar-refractivity contribution is -0.113. The van der Waals surface area contributed by atoms with Crippen LogP contribution in [-0.2, 0) is 16.3 Å². The molecule has 0 atom stereocenters. The van der Waals surface area contributed by atoms with E-state index in [0.717, 1.165) is 15.7 Å². The fraction of sp³-hybridized carbons (Fsp3) is 0.167. The molecule has 2 aromatic carbocycles. The number of thioether (sulfide) groups is 2. The van der Waals surface area contributed by atoms with Crippen LogP contribution in [0.5, 0.6) is 0 Å². The number of carbonyl (C=O) groups excluding carboxylic acids is 1. The predicted octanol–water partition coefficient (Wildman–Crippen LogP) is 6.01. The summed E-state index contributed by atoms with van der Waals surface area (Å²) in [7, 11) is 0. The Balaban J connectivity index is 1.43. The summed E-state index contributed by atoms with van der Waals surface area (Å²) in [4.78, 5) is 12.0. The number of hydrogen-bond acceptors (Lipinski definition) is 6. The van der Waals surface area contributed by atoms with Gasteiger partial charge < -0.3 is 0 Å². The molecular formula is C18H15Cl2N3OS3. The van der Waals surface area contributed by atoms with Gasteiger partial charge in [0.25, 0.3) is 0 Å². The molecule has 3 rings (SSSR count). The number of nitrogens with one attached hydrogen (secondary N) is 1. The fourth-order valence-electron chi connectivity index (χ4n) is 2.08. The molecule has 1 amide bonds. The van der Waals surface area contributed by atoms with Crippen molar-refractivity contribution in [1.29, 1.82) is 0 Å². The van der Waals surface area contributed by atoms with Gasteiger partial charge in [-0.05, 0) is 23.3 Å². The predicted molar refractivity (Wildman–Crippen MR) is 117 cm³/mol. The average molecular weight is 456 g/mol. The molecule has 0 unspecified atom stereocenters. The summed E-state index contributed by atoms with van der Waals surface area (Å²) in [6, 6.07) is 15.6. The molecule has 0 aliphatic rings. The number of benzene rings is 2. The fourth-order valence-corrected chi connectivity index (χ4v) is 4.90. The number of carbonyl (C=O) groups is 1. The Morgan fingerprint density at radius 2 is 1.81 bits per heavy atom. The normalized spacial score (nSPS) is 10.7. The van der Waals surface area contributed by atoms with Crippen LogP contribution in [0.25, 0.3) is 0 Å². The Hall–Kier alpha value is -1.25. The molecule has 0 saturated carbocycles. The topological polar surface area (TPSA) is 54.9 Å². The van der Waals surface area contributed by atoms with E-state index in [-0.39, 0.29) is 5.91 Å². The lowest BCUT2D eigenvalue weighted by atomic mass is 10.2. The van der Waals surface area contributed by atoms with Crippen molar-refractivity contribution in [2.24, 2.45) is 0 Å². The molecular weight excluding hydrogens is 441 g/mol. The van der Waals surface area contributed by atoms with Gasteiger partial charge in [-0.2, -0.15) is 0 Å². The lowest BCUT2D eigenvalue weighted by Crippen LogP contribution is -2.13. The number of amides is 1. The first-order valence-electron chi connectivity index (χ1n) is 7.92. The van der Waals surface area contributed by atoms with Crippen molar-refractivity contribution < 1.29 is 4.79 Å². The molecule has 0 aliphatic carbocycles. The van der Waals surface area contributed by atoms with Gasteiger partial charge >= 0.3 is 0 Å². The van der Waals surface area contributed by atoms with Crippen molar-refractivity contribution >= 4 is 69.1 Å². The van der Waals surface area contributed by atoms with Crippen LogP contribution in [0.15, 0.2) is 52.9 Å². The van der Waals surface area contributed by atoms with Crippen LogP contribution in [0.4, 0.5) is 5.13 Å². The molecule has 1 heterocycles. The van der Waals surface area contributed by atoms with Gasteiger partial charge in [-0.1, -0.05) is 82.7 Å². The minimum atomic E-state index is -0.0758. The number of rotatable bonds is 8. The quantitative estimate of drug-likeness (QED) is 0.332. The van der Waals surface area contributed by atoms with E-state index in [1.54, 1.807) is 17.8 Å². The second-order valence-corrected chi connectivity index (χ2v) is 9.44. The minimum absolute atomic E-state index is 0.0758. The van der Waals surface area contributed by atoms with Crippen LogP contribution in [0, 0.1) is 0 Å². The van der Waals surface area contributed by atoms with Gasteiger partial charge in [0.1, 0.15) is 0 Å². The monoisotopic (exact) mass is 455 g/mol. The van der Waals surface area contributed by atoms with Gasteiger partial charge in [-0.3, -0.25) is 10.1 Å². The van der Waals surface area contributed by atoms with E-state index < -0.39 is 0 Å². The summed E-state index contributed by atoms with van der Waals surface area (Å²) < 4.78 is 0.785. The molecule has 0 radical (unpaired) electrons. The SMILES string of the molecule is O=C(CSCc1ccccc1)Nc1nnc(SCc2ccc(Cl)c(Cl)c2)s1. The van der Waals surface area contributed by atoms with Gasteiger partial charge in [-0.15, -0.1) is 22.0 Å². The summed E-state index contributed by atoms with van der Waals surface area (Å²) in [6.07, 6.45) is 0. The molecule has 0 aliphatic heterocycles. The van der Waals surface area contributed by atoms with Crippen molar-refractivity contribution in [1.82, 2.24) is 10.2 Å². The number of nitrogens with zero attached hydrogens (tertiary/aromatic N) is 2. The van der Waals surface area contributed by atoms with Crippen LogP contribution < -0.4 is 5.32 Å². The summed E-state index contributed by atoms with van der Waals surface area (Å²) in [5.74, 6) is 1.80.